The predicted molar refractivity (Wildman–Crippen MR) is 127 cm³/mol. The molecule has 1 unspecified atom stereocenters. The quantitative estimate of drug-likeness (QED) is 0.161. The zero-order valence-corrected chi connectivity index (χ0v) is 19.7. The number of carbonyl (C=O) groups is 2. The van der Waals surface area contributed by atoms with E-state index in [4.69, 9.17) is 5.73 Å². The number of nitrogens with one attached hydrogen (secondary N) is 1. The Bertz CT molecular complexity index is 1060. The first-order valence-corrected chi connectivity index (χ1v) is 10.7. The van der Waals surface area contributed by atoms with Crippen molar-refractivity contribution in [1.82, 2.24) is 15.2 Å². The van der Waals surface area contributed by atoms with Gasteiger partial charge in [-0.25, -0.2) is 9.98 Å². The van der Waals surface area contributed by atoms with Crippen molar-refractivity contribution in [3.63, 3.8) is 0 Å². The predicted octanol–water partition coefficient (Wildman–Crippen LogP) is 3.01. The number of dihydropyridines is 1. The Balaban J connectivity index is 2.30. The van der Waals surface area contributed by atoms with Gasteiger partial charge in [0.1, 0.15) is 0 Å². The summed E-state index contributed by atoms with van der Waals surface area (Å²) in [6.45, 7) is 2.89. The highest BCUT2D eigenvalue weighted by Gasteiger charge is 2.29. The summed E-state index contributed by atoms with van der Waals surface area (Å²) in [5, 5.41) is 3.10. The normalized spacial score (nSPS) is 16.0. The summed E-state index contributed by atoms with van der Waals surface area (Å²) in [4.78, 5) is 34.8. The van der Waals surface area contributed by atoms with Crippen LogP contribution in [0.1, 0.15) is 25.5 Å². The second kappa shape index (κ2) is 12.7. The number of hydrogen-bond donors (Lipinski definition) is 2. The van der Waals surface area contributed by atoms with Crippen LogP contribution >= 0.6 is 0 Å². The topological polar surface area (TPSA) is 110 Å². The molecule has 2 heterocycles. The summed E-state index contributed by atoms with van der Waals surface area (Å²) in [5.41, 5.74) is 7.46. The number of alkyl halides is 3. The van der Waals surface area contributed by atoms with Crippen molar-refractivity contribution in [2.75, 3.05) is 26.7 Å². The number of carbonyl (C=O) groups excluding carboxylic acids is 2. The van der Waals surface area contributed by atoms with Crippen LogP contribution in [0.5, 0.6) is 5.88 Å². The van der Waals surface area contributed by atoms with Crippen LogP contribution in [0.25, 0.3) is 0 Å². The highest BCUT2D eigenvalue weighted by molar-refractivity contribution is 6.14. The summed E-state index contributed by atoms with van der Waals surface area (Å²) >= 11 is 0. The Morgan fingerprint density at radius 1 is 1.40 bits per heavy atom. The lowest BCUT2D eigenvalue weighted by molar-refractivity contribution is -0.154. The largest absolute Gasteiger partial charge is 0.468 e. The van der Waals surface area contributed by atoms with Crippen LogP contribution in [-0.2, 0) is 9.59 Å². The van der Waals surface area contributed by atoms with Gasteiger partial charge in [-0.05, 0) is 32.5 Å². The van der Waals surface area contributed by atoms with Crippen molar-refractivity contribution in [3.05, 3.63) is 70.7 Å². The number of nitrogens with zero attached hydrogens (tertiary/aromatic N) is 3. The minimum absolute atomic E-state index is 0.0989. The molecule has 0 saturated heterocycles. The van der Waals surface area contributed by atoms with Gasteiger partial charge in [-0.3, -0.25) is 14.5 Å². The molecule has 0 saturated carbocycles. The summed E-state index contributed by atoms with van der Waals surface area (Å²) in [6.07, 6.45) is 4.85. The Labute approximate surface area is 201 Å². The lowest BCUT2D eigenvalue weighted by Crippen LogP contribution is -2.30. The molecule has 0 amide bonds. The fourth-order valence-corrected chi connectivity index (χ4v) is 3.22. The second-order valence-corrected chi connectivity index (χ2v) is 7.74. The summed E-state index contributed by atoms with van der Waals surface area (Å²) in [6, 6.07) is 2.66. The molecule has 2 rings (SSSR count). The van der Waals surface area contributed by atoms with Gasteiger partial charge in [-0.2, -0.15) is 13.2 Å². The molecule has 0 bridgehead atoms. The van der Waals surface area contributed by atoms with Gasteiger partial charge in [-0.15, -0.1) is 0 Å². The van der Waals surface area contributed by atoms with Crippen LogP contribution in [0.4, 0.5) is 13.2 Å². The molecule has 0 fully saturated rings. The van der Waals surface area contributed by atoms with Crippen molar-refractivity contribution < 1.29 is 27.5 Å². The van der Waals surface area contributed by atoms with Crippen LogP contribution in [0.2, 0.25) is 0 Å². The van der Waals surface area contributed by atoms with Gasteiger partial charge in [0.05, 0.1) is 6.34 Å². The molecular formula is C24H28F3N5O3. The number of Topliss-reactive ketones (excluding diaryl/α,β-unsaturated/α-hetero) is 1. The molecule has 1 atom stereocenters. The van der Waals surface area contributed by atoms with Crippen LogP contribution in [0.3, 0.4) is 0 Å². The summed E-state index contributed by atoms with van der Waals surface area (Å²) in [7, 11) is 1.76. The minimum Gasteiger partial charge on any atom is -0.468 e. The SMILES string of the molecule is CC1=C(C(=O)/C(CN(C)C(C)c2ccc(OCC(F)(F)F)nc2)=C(C=O)\C=C/N=CN)C=CCN1. The van der Waals surface area contributed by atoms with E-state index in [1.54, 1.807) is 26.1 Å². The third-order valence-corrected chi connectivity index (χ3v) is 5.29. The van der Waals surface area contributed by atoms with Gasteiger partial charge >= 0.3 is 6.18 Å². The molecular weight excluding hydrogens is 463 g/mol. The molecule has 1 aliphatic rings. The molecule has 35 heavy (non-hydrogen) atoms. The number of likely N-dealkylation sites (N-methyl/N-ethyl adjacent to an activating group) is 1. The van der Waals surface area contributed by atoms with E-state index in [1.165, 1.54) is 24.5 Å². The number of hydrogen-bond acceptors (Lipinski definition) is 7. The number of halogens is 3. The van der Waals surface area contributed by atoms with Crippen LogP contribution in [-0.4, -0.2) is 61.2 Å². The Kier molecular flexibility index (Phi) is 9.95. The molecule has 1 aliphatic heterocycles. The first kappa shape index (κ1) is 27.5. The number of aldehydes is 1. The van der Waals surface area contributed by atoms with Gasteiger partial charge in [0.2, 0.25) is 5.88 Å². The van der Waals surface area contributed by atoms with Crippen molar-refractivity contribution in [3.8, 4) is 5.88 Å². The number of allylic oxidation sites excluding steroid dienone is 5. The second-order valence-electron chi connectivity index (χ2n) is 7.74. The zero-order valence-electron chi connectivity index (χ0n) is 19.7. The van der Waals surface area contributed by atoms with E-state index in [0.29, 0.717) is 29.7 Å². The van der Waals surface area contributed by atoms with Crippen molar-refractivity contribution in [1.29, 1.82) is 0 Å². The number of aliphatic imine (C=N–C) groups is 1. The van der Waals surface area contributed by atoms with Crippen molar-refractivity contribution in [2.45, 2.75) is 26.1 Å². The fraction of sp³-hybridized carbons (Fsp3) is 0.333. The van der Waals surface area contributed by atoms with Crippen LogP contribution in [0.15, 0.2) is 70.2 Å². The lowest BCUT2D eigenvalue weighted by Gasteiger charge is -2.27. The highest BCUT2D eigenvalue weighted by Crippen LogP contribution is 2.24. The van der Waals surface area contributed by atoms with E-state index >= 15 is 0 Å². The van der Waals surface area contributed by atoms with Gasteiger partial charge in [-0.1, -0.05) is 18.2 Å². The molecule has 1 aromatic rings. The standard InChI is InChI=1S/C24H28F3N5O3/c1-16-20(5-4-9-30-16)23(34)21(19(13-33)8-10-29-15-28)12-32(3)17(2)18-6-7-22(31-11-18)35-14-24(25,26)27/h4-8,10-11,13,15,17,30H,9,12,14H2,1-3H3,(H2,28,29)/b10-8-,21-19+. The maximum absolute atomic E-state index is 13.4. The first-order valence-electron chi connectivity index (χ1n) is 10.7. The fourth-order valence-electron chi connectivity index (χ4n) is 3.22. The molecule has 1 aromatic heterocycles. The van der Waals surface area contributed by atoms with Gasteiger partial charge in [0.15, 0.2) is 18.7 Å². The number of ketones is 1. The maximum Gasteiger partial charge on any atom is 0.422 e. The van der Waals surface area contributed by atoms with E-state index in [9.17, 15) is 22.8 Å². The summed E-state index contributed by atoms with van der Waals surface area (Å²) < 4.78 is 41.7. The zero-order chi connectivity index (χ0) is 26.0. The monoisotopic (exact) mass is 491 g/mol. The molecule has 0 aromatic carbocycles. The van der Waals surface area contributed by atoms with E-state index in [2.05, 4.69) is 20.0 Å². The number of aromatic nitrogens is 1. The van der Waals surface area contributed by atoms with E-state index in [-0.39, 0.29) is 35.4 Å². The summed E-state index contributed by atoms with van der Waals surface area (Å²) in [5.74, 6) is -0.466. The van der Waals surface area contributed by atoms with E-state index in [1.807, 2.05) is 17.9 Å². The maximum atomic E-state index is 13.4. The molecule has 0 spiro atoms. The van der Waals surface area contributed by atoms with Crippen molar-refractivity contribution in [2.24, 2.45) is 10.7 Å². The first-order chi connectivity index (χ1) is 16.6. The average Bonchev–Trinajstić information content (AvgIpc) is 2.83. The number of rotatable bonds is 11. The third-order valence-electron chi connectivity index (χ3n) is 5.29. The smallest absolute Gasteiger partial charge is 0.422 e. The molecule has 3 N–H and O–H groups in total. The van der Waals surface area contributed by atoms with Gasteiger partial charge in [0.25, 0.3) is 0 Å². The minimum atomic E-state index is -4.46. The van der Waals surface area contributed by atoms with Crippen LogP contribution < -0.4 is 15.8 Å². The van der Waals surface area contributed by atoms with E-state index in [0.717, 1.165) is 6.34 Å². The highest BCUT2D eigenvalue weighted by atomic mass is 19.4. The molecule has 8 nitrogen and oxygen atoms in total. The lowest BCUT2D eigenvalue weighted by atomic mass is 9.95. The molecule has 0 radical (unpaired) electrons. The van der Waals surface area contributed by atoms with Gasteiger partial charge < -0.3 is 15.8 Å². The van der Waals surface area contributed by atoms with Gasteiger partial charge in [0, 0.05) is 60.0 Å². The number of nitrogens with two attached hydrogens (primary N) is 1. The number of ether oxygens (including phenoxy) is 1. The third kappa shape index (κ3) is 8.21. The van der Waals surface area contributed by atoms with Crippen LogP contribution in [0, 0.1) is 0 Å². The van der Waals surface area contributed by atoms with E-state index < -0.39 is 12.8 Å². The molecule has 11 heteroatoms. The molecule has 0 aliphatic carbocycles. The number of pyridine rings is 1. The Morgan fingerprint density at radius 2 is 2.14 bits per heavy atom. The molecule has 188 valence electrons. The Morgan fingerprint density at radius 3 is 2.71 bits per heavy atom. The van der Waals surface area contributed by atoms with Crippen molar-refractivity contribution >= 4 is 18.4 Å². The Hall–Kier alpha value is -3.73. The average molecular weight is 492 g/mol.